The summed E-state index contributed by atoms with van der Waals surface area (Å²) in [4.78, 5) is 0. The van der Waals surface area contributed by atoms with Crippen molar-refractivity contribution in [2.75, 3.05) is 25.2 Å². The van der Waals surface area contributed by atoms with Crippen LogP contribution in [-0.2, 0) is 9.47 Å². The second-order valence-corrected chi connectivity index (χ2v) is 6.68. The quantitative estimate of drug-likeness (QED) is 0.238. The minimum atomic E-state index is -6.16. The Balaban J connectivity index is 5.51. The predicted octanol–water partition coefficient (Wildman–Crippen LogP) is 5.06. The van der Waals surface area contributed by atoms with Crippen molar-refractivity contribution in [3.8, 4) is 0 Å². The first-order valence-corrected chi connectivity index (χ1v) is 8.67. The zero-order valence-electron chi connectivity index (χ0n) is 14.6. The first-order valence-electron chi connectivity index (χ1n) is 7.55. The fourth-order valence-corrected chi connectivity index (χ4v) is 2.07. The lowest BCUT2D eigenvalue weighted by molar-refractivity contribution is -0.388. The van der Waals surface area contributed by atoms with E-state index < -0.39 is 79.8 Å². The first kappa shape index (κ1) is 30.4. The normalized spacial score (nSPS) is 18.4. The van der Waals surface area contributed by atoms with Crippen molar-refractivity contribution in [1.82, 2.24) is 0 Å². The Morgan fingerprint density at radius 3 is 1.13 bits per heavy atom. The van der Waals surface area contributed by atoms with Gasteiger partial charge in [0.15, 0.2) is 0 Å². The number of halogens is 15. The van der Waals surface area contributed by atoms with Crippen LogP contribution in [0.4, 0.5) is 61.5 Å². The van der Waals surface area contributed by atoms with Crippen LogP contribution in [-0.4, -0.2) is 79.5 Å². The molecule has 0 amide bonds. The first-order chi connectivity index (χ1) is 13.7. The molecule has 0 aliphatic carbocycles. The van der Waals surface area contributed by atoms with Crippen LogP contribution in [0.5, 0.6) is 0 Å². The van der Waals surface area contributed by atoms with Crippen LogP contribution in [0, 0.1) is 5.41 Å². The van der Waals surface area contributed by atoms with E-state index in [1.165, 1.54) is 0 Å². The van der Waals surface area contributed by atoms with E-state index in [-0.39, 0.29) is 0 Å². The summed E-state index contributed by atoms with van der Waals surface area (Å²) in [6, 6.07) is 0. The van der Waals surface area contributed by atoms with Crippen molar-refractivity contribution < 1.29 is 76.0 Å². The minimum absolute atomic E-state index is 1.01. The van der Waals surface area contributed by atoms with Gasteiger partial charge in [0, 0.05) is 5.33 Å². The lowest BCUT2D eigenvalue weighted by Gasteiger charge is -2.36. The smallest absolute Gasteiger partial charge is 0.396 e. The third kappa shape index (κ3) is 6.69. The SMILES string of the molecule is OCC(CBr)(COC(F)(F)C(F)(F)C(F)C(F)F)COC(F)(F)C(F)(F)C(F)C(F)F. The summed E-state index contributed by atoms with van der Waals surface area (Å²) in [7, 11) is 0. The largest absolute Gasteiger partial charge is 0.422 e. The highest BCUT2D eigenvalue weighted by atomic mass is 79.9. The van der Waals surface area contributed by atoms with Crippen molar-refractivity contribution in [1.29, 1.82) is 0 Å². The second-order valence-electron chi connectivity index (χ2n) is 6.12. The molecule has 0 saturated heterocycles. The zero-order valence-corrected chi connectivity index (χ0v) is 16.2. The topological polar surface area (TPSA) is 38.7 Å². The fourth-order valence-electron chi connectivity index (χ4n) is 1.57. The minimum Gasteiger partial charge on any atom is -0.396 e. The Labute approximate surface area is 172 Å². The highest BCUT2D eigenvalue weighted by Crippen LogP contribution is 2.44. The van der Waals surface area contributed by atoms with Crippen LogP contribution >= 0.6 is 15.9 Å². The van der Waals surface area contributed by atoms with Crippen molar-refractivity contribution >= 4 is 15.9 Å². The number of aliphatic hydroxyl groups is 1. The third-order valence-corrected chi connectivity index (χ3v) is 4.84. The lowest BCUT2D eigenvalue weighted by Crippen LogP contribution is -2.55. The molecule has 0 aliphatic heterocycles. The van der Waals surface area contributed by atoms with Gasteiger partial charge in [0.25, 0.3) is 12.9 Å². The van der Waals surface area contributed by atoms with Crippen LogP contribution in [0.3, 0.4) is 0 Å². The summed E-state index contributed by atoms with van der Waals surface area (Å²) in [6.07, 6.45) is -30.7. The second kappa shape index (κ2) is 10.5. The van der Waals surface area contributed by atoms with Crippen molar-refractivity contribution in [3.63, 3.8) is 0 Å². The van der Waals surface area contributed by atoms with E-state index in [0.717, 1.165) is 0 Å². The average Bonchev–Trinajstić information content (AvgIpc) is 2.66. The van der Waals surface area contributed by atoms with Crippen molar-refractivity contribution in [2.24, 2.45) is 5.41 Å². The highest BCUT2D eigenvalue weighted by Gasteiger charge is 2.68. The molecule has 3 nitrogen and oxygen atoms in total. The summed E-state index contributed by atoms with van der Waals surface area (Å²) < 4.78 is 186. The molecule has 2 atom stereocenters. The number of aliphatic hydroxyl groups excluding tert-OH is 1. The van der Waals surface area contributed by atoms with E-state index >= 15 is 0 Å². The van der Waals surface area contributed by atoms with Gasteiger partial charge in [0.05, 0.1) is 25.2 Å². The molecule has 0 aromatic rings. The summed E-state index contributed by atoms with van der Waals surface area (Å²) in [6.45, 7) is -5.64. The maximum atomic E-state index is 13.4. The van der Waals surface area contributed by atoms with E-state index in [4.69, 9.17) is 5.11 Å². The summed E-state index contributed by atoms with van der Waals surface area (Å²) in [5.74, 6) is -12.3. The molecule has 188 valence electrons. The number of hydrogen-bond acceptors (Lipinski definition) is 3. The molecule has 31 heavy (non-hydrogen) atoms. The molecular formula is C13H13BrF14O3. The molecule has 1 N–H and O–H groups in total. The number of rotatable bonds is 14. The summed E-state index contributed by atoms with van der Waals surface area (Å²) in [5.41, 5.74) is -2.73. The highest BCUT2D eigenvalue weighted by molar-refractivity contribution is 9.09. The standard InChI is InChI=1S/C13H13BrF14O3/c14-1-9(2-29,3-30-12(25,26)10(21,22)5(15)7(17)18)4-31-13(27,28)11(23,24)6(16)8(19)20/h5-8,29H,1-4H2. The number of alkyl halides is 15. The average molecular weight is 563 g/mol. The summed E-state index contributed by atoms with van der Waals surface area (Å²) in [5, 5.41) is 8.12. The molecule has 0 spiro atoms. The van der Waals surface area contributed by atoms with Gasteiger partial charge in [-0.1, -0.05) is 15.9 Å². The van der Waals surface area contributed by atoms with E-state index in [1.807, 2.05) is 0 Å². The maximum absolute atomic E-state index is 13.4. The van der Waals surface area contributed by atoms with Gasteiger partial charge in [-0.2, -0.15) is 35.1 Å². The van der Waals surface area contributed by atoms with Gasteiger partial charge in [-0.15, -0.1) is 0 Å². The summed E-state index contributed by atoms with van der Waals surface area (Å²) >= 11 is 2.40. The molecule has 0 aliphatic rings. The lowest BCUT2D eigenvalue weighted by atomic mass is 9.94. The Bertz CT molecular complexity index is 514. The van der Waals surface area contributed by atoms with Crippen LogP contribution in [0.2, 0.25) is 0 Å². The predicted molar refractivity (Wildman–Crippen MR) is 76.8 cm³/mol. The van der Waals surface area contributed by atoms with Crippen LogP contribution in [0.25, 0.3) is 0 Å². The van der Waals surface area contributed by atoms with Gasteiger partial charge in [0.2, 0.25) is 12.3 Å². The van der Waals surface area contributed by atoms with Crippen molar-refractivity contribution in [2.45, 2.75) is 49.3 Å². The van der Waals surface area contributed by atoms with E-state index in [1.54, 1.807) is 0 Å². The molecule has 0 aromatic heterocycles. The van der Waals surface area contributed by atoms with Gasteiger partial charge in [0.1, 0.15) is 0 Å². The Morgan fingerprint density at radius 2 is 0.935 bits per heavy atom. The molecule has 0 radical (unpaired) electrons. The molecule has 0 saturated carbocycles. The van der Waals surface area contributed by atoms with Gasteiger partial charge >= 0.3 is 24.1 Å². The van der Waals surface area contributed by atoms with E-state index in [9.17, 15) is 61.5 Å². The monoisotopic (exact) mass is 562 g/mol. The van der Waals surface area contributed by atoms with Crippen LogP contribution in [0.15, 0.2) is 0 Å². The maximum Gasteiger partial charge on any atom is 0.422 e. The molecule has 0 bridgehead atoms. The molecular weight excluding hydrogens is 550 g/mol. The van der Waals surface area contributed by atoms with E-state index in [2.05, 4.69) is 25.4 Å². The molecule has 0 heterocycles. The van der Waals surface area contributed by atoms with Crippen LogP contribution < -0.4 is 0 Å². The van der Waals surface area contributed by atoms with Gasteiger partial charge < -0.3 is 14.6 Å². The van der Waals surface area contributed by atoms with Crippen molar-refractivity contribution in [3.05, 3.63) is 0 Å². The molecule has 0 fully saturated rings. The Hall–Kier alpha value is -0.620. The molecule has 0 rings (SSSR count). The Kier molecular flexibility index (Phi) is 10.3. The molecule has 18 heteroatoms. The van der Waals surface area contributed by atoms with Crippen LogP contribution in [0.1, 0.15) is 0 Å². The number of hydrogen-bond donors (Lipinski definition) is 1. The molecule has 0 aromatic carbocycles. The zero-order chi connectivity index (χ0) is 25.1. The number of ether oxygens (including phenoxy) is 2. The van der Waals surface area contributed by atoms with Gasteiger partial charge in [-0.05, 0) is 0 Å². The van der Waals surface area contributed by atoms with E-state index in [0.29, 0.717) is 0 Å². The van der Waals surface area contributed by atoms with Gasteiger partial charge in [-0.3, -0.25) is 0 Å². The van der Waals surface area contributed by atoms with Gasteiger partial charge in [-0.25, -0.2) is 26.3 Å². The fraction of sp³-hybridized carbons (Fsp3) is 1.00. The molecule has 2 unspecified atom stereocenters. The third-order valence-electron chi connectivity index (χ3n) is 3.65. The Morgan fingerprint density at radius 1 is 0.645 bits per heavy atom.